The fraction of sp³-hybridized carbons (Fsp3) is 0.875. The first-order valence-electron chi connectivity index (χ1n) is 8.88. The van der Waals surface area contributed by atoms with Crippen LogP contribution in [-0.4, -0.2) is 112 Å². The highest BCUT2D eigenvalue weighted by Gasteiger charge is 2.16. The molecular formula is C16H32N4O4S2. The molecule has 0 aliphatic carbocycles. The normalized spacial score (nSPS) is 17.2. The van der Waals surface area contributed by atoms with E-state index in [2.05, 4.69) is 10.6 Å². The van der Waals surface area contributed by atoms with E-state index in [1.54, 1.807) is 33.3 Å². The third-order valence-corrected chi connectivity index (χ3v) is 4.99. The summed E-state index contributed by atoms with van der Waals surface area (Å²) in [6.07, 6.45) is 4.06. The lowest BCUT2D eigenvalue weighted by Crippen LogP contribution is -2.46. The third kappa shape index (κ3) is 10.3. The summed E-state index contributed by atoms with van der Waals surface area (Å²) >= 11 is 3.46. The Morgan fingerprint density at radius 3 is 1.42 bits per heavy atom. The van der Waals surface area contributed by atoms with Crippen LogP contribution in [0.3, 0.4) is 0 Å². The van der Waals surface area contributed by atoms with Gasteiger partial charge >= 0.3 is 12.1 Å². The smallest absolute Gasteiger partial charge is 0.317 e. The minimum atomic E-state index is 0.0392. The minimum Gasteiger partial charge on any atom is -0.378 e. The zero-order valence-electron chi connectivity index (χ0n) is 15.8. The Bertz CT molecular complexity index is 356. The number of thioether (sulfide) groups is 2. The van der Waals surface area contributed by atoms with Crippen LogP contribution >= 0.6 is 23.5 Å². The molecule has 0 aromatic rings. The molecule has 2 aliphatic rings. The minimum absolute atomic E-state index is 0.0392. The van der Waals surface area contributed by atoms with Gasteiger partial charge in [0.2, 0.25) is 0 Å². The van der Waals surface area contributed by atoms with Gasteiger partial charge in [0.25, 0.3) is 0 Å². The maximum atomic E-state index is 11.4. The van der Waals surface area contributed by atoms with Crippen LogP contribution in [0.25, 0.3) is 0 Å². The van der Waals surface area contributed by atoms with Gasteiger partial charge in [-0.1, -0.05) is 0 Å². The van der Waals surface area contributed by atoms with Crippen LogP contribution in [0.15, 0.2) is 0 Å². The Hall–Kier alpha value is -0.840. The molecule has 2 fully saturated rings. The summed E-state index contributed by atoms with van der Waals surface area (Å²) in [7, 11) is 0. The van der Waals surface area contributed by atoms with Crippen LogP contribution < -0.4 is 10.6 Å². The molecule has 0 atom stereocenters. The number of morpholine rings is 2. The number of urea groups is 2. The predicted octanol–water partition coefficient (Wildman–Crippen LogP) is 0.782. The molecule has 0 bridgehead atoms. The monoisotopic (exact) mass is 408 g/mol. The molecule has 0 aromatic carbocycles. The van der Waals surface area contributed by atoms with Gasteiger partial charge in [0.05, 0.1) is 26.4 Å². The summed E-state index contributed by atoms with van der Waals surface area (Å²) < 4.78 is 10.3. The van der Waals surface area contributed by atoms with Crippen LogP contribution in [0.1, 0.15) is 0 Å². The molecule has 0 unspecified atom stereocenters. The zero-order valence-corrected chi connectivity index (χ0v) is 17.5. The van der Waals surface area contributed by atoms with Gasteiger partial charge in [-0.2, -0.15) is 23.5 Å². The number of hydrogen-bond donors (Lipinski definition) is 2. The van der Waals surface area contributed by atoms with Gasteiger partial charge in [-0.25, -0.2) is 9.59 Å². The second kappa shape index (κ2) is 15.2. The maximum Gasteiger partial charge on any atom is 0.317 e. The van der Waals surface area contributed by atoms with Crippen LogP contribution in [0.2, 0.25) is 0 Å². The number of hydrogen-bond acceptors (Lipinski definition) is 6. The molecule has 0 aromatic heterocycles. The highest BCUT2D eigenvalue weighted by atomic mass is 32.2. The van der Waals surface area contributed by atoms with Crippen LogP contribution in [0, 0.1) is 0 Å². The largest absolute Gasteiger partial charge is 0.378 e. The summed E-state index contributed by atoms with van der Waals surface area (Å²) in [6, 6.07) is 0.0784. The molecule has 2 rings (SSSR count). The van der Waals surface area contributed by atoms with Crippen molar-refractivity contribution in [2.24, 2.45) is 0 Å². The van der Waals surface area contributed by atoms with Gasteiger partial charge in [-0.05, 0) is 12.5 Å². The Labute approximate surface area is 165 Å². The summed E-state index contributed by atoms with van der Waals surface area (Å²) in [4.78, 5) is 26.4. The fourth-order valence-corrected chi connectivity index (χ4v) is 2.89. The lowest BCUT2D eigenvalue weighted by atomic mass is 10.4. The van der Waals surface area contributed by atoms with Gasteiger partial charge in [-0.15, -0.1) is 0 Å². The molecular weight excluding hydrogens is 376 g/mol. The zero-order chi connectivity index (χ0) is 19.0. The van der Waals surface area contributed by atoms with E-state index < -0.39 is 0 Å². The number of rotatable bonds is 6. The molecule has 152 valence electrons. The van der Waals surface area contributed by atoms with Crippen molar-refractivity contribution in [3.8, 4) is 0 Å². The Morgan fingerprint density at radius 1 is 0.769 bits per heavy atom. The molecule has 4 amide bonds. The fourth-order valence-electron chi connectivity index (χ4n) is 2.28. The molecule has 10 heteroatoms. The Kier molecular flexibility index (Phi) is 13.6. The topological polar surface area (TPSA) is 83.1 Å². The molecule has 2 heterocycles. The third-order valence-electron chi connectivity index (χ3n) is 3.76. The average Bonchev–Trinajstić information content (AvgIpc) is 2.70. The first-order valence-corrected chi connectivity index (χ1v) is 11.7. The van der Waals surface area contributed by atoms with E-state index in [1.165, 1.54) is 0 Å². The molecule has 26 heavy (non-hydrogen) atoms. The van der Waals surface area contributed by atoms with Gasteiger partial charge in [0, 0.05) is 50.8 Å². The molecule has 2 aliphatic heterocycles. The Balaban J connectivity index is 0.000000260. The van der Waals surface area contributed by atoms with Gasteiger partial charge < -0.3 is 29.9 Å². The number of ether oxygens (including phenoxy) is 2. The first-order chi connectivity index (χ1) is 12.7. The summed E-state index contributed by atoms with van der Waals surface area (Å²) in [5, 5.41) is 5.73. The van der Waals surface area contributed by atoms with Crippen molar-refractivity contribution in [3.05, 3.63) is 0 Å². The van der Waals surface area contributed by atoms with Crippen molar-refractivity contribution in [2.75, 3.05) is 89.7 Å². The van der Waals surface area contributed by atoms with Crippen molar-refractivity contribution in [2.45, 2.75) is 0 Å². The highest BCUT2D eigenvalue weighted by Crippen LogP contribution is 1.98. The van der Waals surface area contributed by atoms with Crippen LogP contribution in [0.4, 0.5) is 9.59 Å². The van der Waals surface area contributed by atoms with E-state index in [4.69, 9.17) is 9.47 Å². The van der Waals surface area contributed by atoms with Gasteiger partial charge in [-0.3, -0.25) is 0 Å². The number of carbonyl (C=O) groups is 2. The van der Waals surface area contributed by atoms with E-state index in [0.717, 1.165) is 24.6 Å². The van der Waals surface area contributed by atoms with Crippen molar-refractivity contribution >= 4 is 35.6 Å². The molecule has 0 radical (unpaired) electrons. The molecule has 2 saturated heterocycles. The molecule has 8 nitrogen and oxygen atoms in total. The number of nitrogens with one attached hydrogen (secondary N) is 2. The second-order valence-corrected chi connectivity index (χ2v) is 7.62. The predicted molar refractivity (Wildman–Crippen MR) is 108 cm³/mol. The molecule has 0 spiro atoms. The van der Waals surface area contributed by atoms with Crippen molar-refractivity contribution in [1.82, 2.24) is 20.4 Å². The van der Waals surface area contributed by atoms with E-state index in [-0.39, 0.29) is 12.1 Å². The van der Waals surface area contributed by atoms with Crippen molar-refractivity contribution in [1.29, 1.82) is 0 Å². The second-order valence-electron chi connectivity index (χ2n) is 5.65. The van der Waals surface area contributed by atoms with E-state index >= 15 is 0 Å². The number of nitrogens with zero attached hydrogens (tertiary/aromatic N) is 2. The first kappa shape index (κ1) is 23.2. The van der Waals surface area contributed by atoms with Crippen molar-refractivity contribution in [3.63, 3.8) is 0 Å². The van der Waals surface area contributed by atoms with Gasteiger partial charge in [0.15, 0.2) is 0 Å². The Morgan fingerprint density at radius 2 is 1.12 bits per heavy atom. The SMILES string of the molecule is CSCCNC(=O)N1CCOCC1.CSCCNC(=O)N1CCOCC1. The van der Waals surface area contributed by atoms with Crippen LogP contribution in [0.5, 0.6) is 0 Å². The van der Waals surface area contributed by atoms with Crippen molar-refractivity contribution < 1.29 is 19.1 Å². The standard InChI is InChI=1S/2C8H16N2O2S/c2*1-13-7-2-9-8(11)10-3-5-12-6-4-10/h2*2-7H2,1H3,(H,9,11). The summed E-state index contributed by atoms with van der Waals surface area (Å²) in [5.41, 5.74) is 0. The highest BCUT2D eigenvalue weighted by molar-refractivity contribution is 7.98. The molecule has 0 saturated carbocycles. The van der Waals surface area contributed by atoms with E-state index in [1.807, 2.05) is 12.5 Å². The molecule has 2 N–H and O–H groups in total. The maximum absolute atomic E-state index is 11.4. The summed E-state index contributed by atoms with van der Waals surface area (Å²) in [5.74, 6) is 1.94. The lowest BCUT2D eigenvalue weighted by Gasteiger charge is -2.26. The van der Waals surface area contributed by atoms with E-state index in [9.17, 15) is 9.59 Å². The van der Waals surface area contributed by atoms with Gasteiger partial charge in [0.1, 0.15) is 0 Å². The summed E-state index contributed by atoms with van der Waals surface area (Å²) in [6.45, 7) is 7.00. The van der Waals surface area contributed by atoms with E-state index in [0.29, 0.717) is 52.6 Å². The average molecular weight is 409 g/mol. The van der Waals surface area contributed by atoms with Crippen LogP contribution in [-0.2, 0) is 9.47 Å². The quantitative estimate of drug-likeness (QED) is 0.632. The number of amides is 4. The lowest BCUT2D eigenvalue weighted by molar-refractivity contribution is 0.0533. The number of carbonyl (C=O) groups excluding carboxylic acids is 2.